The zero-order valence-electron chi connectivity index (χ0n) is 8.53. The van der Waals surface area contributed by atoms with Crippen LogP contribution in [0.15, 0.2) is 24.3 Å². The average molecular weight is 245 g/mol. The predicted octanol–water partition coefficient (Wildman–Crippen LogP) is 0.230. The van der Waals surface area contributed by atoms with E-state index in [1.54, 1.807) is 6.07 Å². The van der Waals surface area contributed by atoms with Crippen LogP contribution in [0.1, 0.15) is 5.56 Å². The molecule has 88 valence electrons. The molecular weight excluding hydrogens is 234 g/mol. The van der Waals surface area contributed by atoms with Crippen molar-refractivity contribution in [3.63, 3.8) is 0 Å². The molecule has 0 atom stereocenters. The molecule has 0 amide bonds. The SMILES string of the molecule is CN(Cc1ccccc1[N+](=O)[O-])S(N)(=O)=O. The van der Waals surface area contributed by atoms with Gasteiger partial charge in [0.15, 0.2) is 0 Å². The number of nitro groups is 1. The van der Waals surface area contributed by atoms with Gasteiger partial charge in [0.05, 0.1) is 4.92 Å². The van der Waals surface area contributed by atoms with E-state index in [0.717, 1.165) is 4.31 Å². The van der Waals surface area contributed by atoms with Crippen molar-refractivity contribution in [2.45, 2.75) is 6.54 Å². The first-order chi connectivity index (χ1) is 7.32. The molecule has 8 heteroatoms. The van der Waals surface area contributed by atoms with Crippen LogP contribution in [-0.2, 0) is 16.8 Å². The van der Waals surface area contributed by atoms with E-state index in [-0.39, 0.29) is 12.2 Å². The molecule has 0 radical (unpaired) electrons. The summed E-state index contributed by atoms with van der Waals surface area (Å²) >= 11 is 0. The number of nitro benzene ring substituents is 1. The molecule has 16 heavy (non-hydrogen) atoms. The summed E-state index contributed by atoms with van der Waals surface area (Å²) < 4.78 is 22.7. The largest absolute Gasteiger partial charge is 0.276 e. The number of nitrogens with two attached hydrogens (primary N) is 1. The molecule has 1 aromatic rings. The van der Waals surface area contributed by atoms with Crippen molar-refractivity contribution in [1.82, 2.24) is 4.31 Å². The van der Waals surface area contributed by atoms with E-state index in [1.165, 1.54) is 25.2 Å². The zero-order chi connectivity index (χ0) is 12.3. The lowest BCUT2D eigenvalue weighted by molar-refractivity contribution is -0.385. The Morgan fingerprint density at radius 1 is 1.44 bits per heavy atom. The fourth-order valence-electron chi connectivity index (χ4n) is 1.15. The van der Waals surface area contributed by atoms with Crippen molar-refractivity contribution < 1.29 is 13.3 Å². The van der Waals surface area contributed by atoms with Gasteiger partial charge in [0, 0.05) is 25.2 Å². The van der Waals surface area contributed by atoms with Crippen LogP contribution in [0.5, 0.6) is 0 Å². The van der Waals surface area contributed by atoms with Crippen LogP contribution in [0.2, 0.25) is 0 Å². The van der Waals surface area contributed by atoms with Gasteiger partial charge in [-0.3, -0.25) is 10.1 Å². The van der Waals surface area contributed by atoms with Gasteiger partial charge in [0.2, 0.25) is 0 Å². The highest BCUT2D eigenvalue weighted by Gasteiger charge is 2.18. The molecule has 0 aliphatic rings. The first-order valence-electron chi connectivity index (χ1n) is 4.28. The molecule has 0 aromatic heterocycles. The normalized spacial score (nSPS) is 11.7. The van der Waals surface area contributed by atoms with E-state index in [4.69, 9.17) is 5.14 Å². The Morgan fingerprint density at radius 3 is 2.50 bits per heavy atom. The molecule has 0 aliphatic heterocycles. The van der Waals surface area contributed by atoms with Crippen LogP contribution in [0.4, 0.5) is 5.69 Å². The van der Waals surface area contributed by atoms with E-state index in [1.807, 2.05) is 0 Å². The van der Waals surface area contributed by atoms with Gasteiger partial charge in [0.25, 0.3) is 15.9 Å². The first-order valence-corrected chi connectivity index (χ1v) is 5.79. The van der Waals surface area contributed by atoms with Gasteiger partial charge in [-0.1, -0.05) is 18.2 Å². The number of hydrogen-bond acceptors (Lipinski definition) is 4. The van der Waals surface area contributed by atoms with Crippen LogP contribution >= 0.6 is 0 Å². The van der Waals surface area contributed by atoms with Crippen LogP contribution in [0.25, 0.3) is 0 Å². The van der Waals surface area contributed by atoms with Gasteiger partial charge < -0.3 is 0 Å². The molecule has 0 fully saturated rings. The van der Waals surface area contributed by atoms with Crippen molar-refractivity contribution in [2.24, 2.45) is 5.14 Å². The lowest BCUT2D eigenvalue weighted by Gasteiger charge is -2.13. The monoisotopic (exact) mass is 245 g/mol. The van der Waals surface area contributed by atoms with Gasteiger partial charge in [0.1, 0.15) is 0 Å². The molecule has 0 spiro atoms. The van der Waals surface area contributed by atoms with Crippen LogP contribution < -0.4 is 5.14 Å². The highest BCUT2D eigenvalue weighted by Crippen LogP contribution is 2.19. The van der Waals surface area contributed by atoms with Gasteiger partial charge in [-0.25, -0.2) is 5.14 Å². The Hall–Kier alpha value is -1.51. The highest BCUT2D eigenvalue weighted by atomic mass is 32.2. The van der Waals surface area contributed by atoms with Crippen molar-refractivity contribution in [3.8, 4) is 0 Å². The van der Waals surface area contributed by atoms with Crippen LogP contribution in [0, 0.1) is 10.1 Å². The maximum Gasteiger partial charge on any atom is 0.276 e. The van der Waals surface area contributed by atoms with Crippen LogP contribution in [-0.4, -0.2) is 24.7 Å². The second-order valence-electron chi connectivity index (χ2n) is 3.19. The third kappa shape index (κ3) is 2.99. The smallest absolute Gasteiger partial charge is 0.258 e. The van der Waals surface area contributed by atoms with Crippen molar-refractivity contribution in [3.05, 3.63) is 39.9 Å². The second-order valence-corrected chi connectivity index (χ2v) is 4.84. The second kappa shape index (κ2) is 4.56. The average Bonchev–Trinajstić information content (AvgIpc) is 2.16. The number of rotatable bonds is 4. The molecule has 0 saturated carbocycles. The summed E-state index contributed by atoms with van der Waals surface area (Å²) in [5.74, 6) is 0. The number of hydrogen-bond donors (Lipinski definition) is 1. The summed E-state index contributed by atoms with van der Waals surface area (Å²) in [6.45, 7) is -0.129. The molecule has 1 rings (SSSR count). The Bertz CT molecular complexity index is 500. The van der Waals surface area contributed by atoms with Crippen LogP contribution in [0.3, 0.4) is 0 Å². The molecule has 7 nitrogen and oxygen atoms in total. The lowest BCUT2D eigenvalue weighted by atomic mass is 10.2. The Morgan fingerprint density at radius 2 is 2.00 bits per heavy atom. The molecule has 2 N–H and O–H groups in total. The first kappa shape index (κ1) is 12.6. The molecular formula is C8H11N3O4S. The molecule has 0 aliphatic carbocycles. The number of benzene rings is 1. The van der Waals surface area contributed by atoms with Crippen molar-refractivity contribution in [1.29, 1.82) is 0 Å². The van der Waals surface area contributed by atoms with E-state index >= 15 is 0 Å². The minimum absolute atomic E-state index is 0.127. The Balaban J connectivity index is 3.02. The van der Waals surface area contributed by atoms with Crippen molar-refractivity contribution in [2.75, 3.05) is 7.05 Å². The maximum atomic E-state index is 11.0. The fourth-order valence-corrected chi connectivity index (χ4v) is 1.47. The number of nitrogens with zero attached hydrogens (tertiary/aromatic N) is 2. The molecule has 0 unspecified atom stereocenters. The highest BCUT2D eigenvalue weighted by molar-refractivity contribution is 7.86. The number of para-hydroxylation sites is 1. The summed E-state index contributed by atoms with van der Waals surface area (Å²) in [6, 6.07) is 5.91. The third-order valence-electron chi connectivity index (χ3n) is 2.02. The maximum absolute atomic E-state index is 11.0. The molecule has 1 aromatic carbocycles. The quantitative estimate of drug-likeness (QED) is 0.605. The van der Waals surface area contributed by atoms with E-state index in [2.05, 4.69) is 0 Å². The zero-order valence-corrected chi connectivity index (χ0v) is 9.35. The van der Waals surface area contributed by atoms with E-state index in [9.17, 15) is 18.5 Å². The standard InChI is InChI=1S/C8H11N3O4S/c1-10(16(9,14)15)6-7-4-2-3-5-8(7)11(12)13/h2-5H,6H2,1H3,(H2,9,14,15). The molecule has 0 saturated heterocycles. The Kier molecular flexibility index (Phi) is 3.58. The summed E-state index contributed by atoms with van der Waals surface area (Å²) in [7, 11) is -2.58. The topological polar surface area (TPSA) is 107 Å². The van der Waals surface area contributed by atoms with Gasteiger partial charge in [-0.05, 0) is 0 Å². The summed E-state index contributed by atoms with van der Waals surface area (Å²) in [5.41, 5.74) is 0.169. The summed E-state index contributed by atoms with van der Waals surface area (Å²) in [6.07, 6.45) is 0. The predicted molar refractivity (Wildman–Crippen MR) is 57.7 cm³/mol. The van der Waals surface area contributed by atoms with Gasteiger partial charge in [-0.15, -0.1) is 0 Å². The minimum Gasteiger partial charge on any atom is -0.258 e. The lowest BCUT2D eigenvalue weighted by Crippen LogP contribution is -2.32. The van der Waals surface area contributed by atoms with E-state index < -0.39 is 15.1 Å². The van der Waals surface area contributed by atoms with Gasteiger partial charge >= 0.3 is 0 Å². The van der Waals surface area contributed by atoms with Gasteiger partial charge in [-0.2, -0.15) is 12.7 Å². The van der Waals surface area contributed by atoms with E-state index in [0.29, 0.717) is 5.56 Å². The summed E-state index contributed by atoms with van der Waals surface area (Å²) in [4.78, 5) is 10.1. The summed E-state index contributed by atoms with van der Waals surface area (Å²) in [5, 5.41) is 15.5. The fraction of sp³-hybridized carbons (Fsp3) is 0.250. The third-order valence-corrected chi connectivity index (χ3v) is 3.01. The Labute approximate surface area is 92.8 Å². The molecule has 0 bridgehead atoms. The minimum atomic E-state index is -3.83. The molecule has 0 heterocycles. The van der Waals surface area contributed by atoms with Crippen molar-refractivity contribution >= 4 is 15.9 Å².